The lowest BCUT2D eigenvalue weighted by molar-refractivity contribution is -0.173. The highest BCUT2D eigenvalue weighted by Crippen LogP contribution is 2.13. The van der Waals surface area contributed by atoms with Gasteiger partial charge in [-0.05, 0) is 12.8 Å². The molecule has 0 atom stereocenters. The highest BCUT2D eigenvalue weighted by molar-refractivity contribution is 5.84. The van der Waals surface area contributed by atoms with Crippen LogP contribution in [0.2, 0.25) is 0 Å². The maximum absolute atomic E-state index is 11.8. The smallest absolute Gasteiger partial charge is 0.358 e. The van der Waals surface area contributed by atoms with Gasteiger partial charge in [0.05, 0.1) is 6.54 Å². The Morgan fingerprint density at radius 2 is 1.60 bits per heavy atom. The van der Waals surface area contributed by atoms with Crippen molar-refractivity contribution in [3.05, 3.63) is 0 Å². The largest absolute Gasteiger partial charge is 0.471 e. The number of amides is 3. The second-order valence-corrected chi connectivity index (χ2v) is 4.01. The molecule has 9 heteroatoms. The first-order valence-corrected chi connectivity index (χ1v) is 6.09. The third-order valence-electron chi connectivity index (χ3n) is 2.35. The van der Waals surface area contributed by atoms with Crippen molar-refractivity contribution in [3.63, 3.8) is 0 Å². The van der Waals surface area contributed by atoms with Crippen LogP contribution in [-0.4, -0.2) is 44.0 Å². The van der Waals surface area contributed by atoms with Crippen molar-refractivity contribution in [1.82, 2.24) is 16.0 Å². The molecule has 0 aliphatic heterocycles. The molecule has 3 N–H and O–H groups in total. The Kier molecular flexibility index (Phi) is 8.33. The molecule has 20 heavy (non-hydrogen) atoms. The summed E-state index contributed by atoms with van der Waals surface area (Å²) in [6.45, 7) is -0.185. The second-order valence-electron chi connectivity index (χ2n) is 4.01. The van der Waals surface area contributed by atoms with Crippen LogP contribution in [0.3, 0.4) is 0 Å². The van der Waals surface area contributed by atoms with Gasteiger partial charge >= 0.3 is 12.1 Å². The van der Waals surface area contributed by atoms with Gasteiger partial charge in [0.15, 0.2) is 0 Å². The lowest BCUT2D eigenvalue weighted by atomic mass is 10.2. The summed E-state index contributed by atoms with van der Waals surface area (Å²) in [5, 5.41) is 6.48. The summed E-state index contributed by atoms with van der Waals surface area (Å²) in [6, 6.07) is 0. The Labute approximate surface area is 114 Å². The fourth-order valence-electron chi connectivity index (χ4n) is 1.25. The summed E-state index contributed by atoms with van der Waals surface area (Å²) < 4.78 is 35.4. The van der Waals surface area contributed by atoms with E-state index in [0.717, 1.165) is 0 Å². The summed E-state index contributed by atoms with van der Waals surface area (Å²) in [5.41, 5.74) is 0. The molecule has 0 aromatic carbocycles. The summed E-state index contributed by atoms with van der Waals surface area (Å²) in [4.78, 5) is 32.5. The van der Waals surface area contributed by atoms with Gasteiger partial charge in [0.1, 0.15) is 0 Å². The Morgan fingerprint density at radius 3 is 2.15 bits per heavy atom. The number of hydrogen-bond donors (Lipinski definition) is 3. The van der Waals surface area contributed by atoms with Crippen molar-refractivity contribution < 1.29 is 27.6 Å². The van der Waals surface area contributed by atoms with Gasteiger partial charge in [0.2, 0.25) is 11.8 Å². The molecule has 0 aromatic rings. The van der Waals surface area contributed by atoms with Crippen molar-refractivity contribution in [3.8, 4) is 0 Å². The van der Waals surface area contributed by atoms with E-state index in [1.807, 2.05) is 0 Å². The Hall–Kier alpha value is -1.80. The second kappa shape index (κ2) is 9.16. The Balaban J connectivity index is 3.51. The number of rotatable bonds is 8. The first-order chi connectivity index (χ1) is 9.27. The topological polar surface area (TPSA) is 87.3 Å². The number of unbranched alkanes of at least 4 members (excludes halogenated alkanes) is 2. The average molecular weight is 297 g/mol. The van der Waals surface area contributed by atoms with E-state index in [1.54, 1.807) is 5.32 Å². The maximum Gasteiger partial charge on any atom is 0.471 e. The van der Waals surface area contributed by atoms with Gasteiger partial charge in [-0.15, -0.1) is 0 Å². The standard InChI is InChI=1S/C11H18F3N3O3/c1-15-9(19)7-17-8(18)5-3-2-4-6-16-10(20)11(12,13)14/h2-7H2,1H3,(H,15,19)(H,16,20)(H,17,18). The van der Waals surface area contributed by atoms with E-state index in [-0.39, 0.29) is 31.3 Å². The predicted octanol–water partition coefficient (Wildman–Crippen LogP) is 0.0875. The zero-order valence-electron chi connectivity index (χ0n) is 11.1. The maximum atomic E-state index is 11.8. The molecule has 0 unspecified atom stereocenters. The zero-order chi connectivity index (χ0) is 15.6. The van der Waals surface area contributed by atoms with Crippen molar-refractivity contribution >= 4 is 17.7 Å². The Morgan fingerprint density at radius 1 is 0.950 bits per heavy atom. The molecule has 0 saturated heterocycles. The quantitative estimate of drug-likeness (QED) is 0.555. The SMILES string of the molecule is CNC(=O)CNC(=O)CCCCCNC(=O)C(F)(F)F. The van der Waals surface area contributed by atoms with E-state index in [0.29, 0.717) is 19.3 Å². The van der Waals surface area contributed by atoms with Gasteiger partial charge in [-0.3, -0.25) is 14.4 Å². The van der Waals surface area contributed by atoms with Crippen LogP contribution < -0.4 is 16.0 Å². The van der Waals surface area contributed by atoms with Gasteiger partial charge in [-0.1, -0.05) is 6.42 Å². The molecule has 3 amide bonds. The zero-order valence-corrected chi connectivity index (χ0v) is 11.1. The third kappa shape index (κ3) is 9.17. The highest BCUT2D eigenvalue weighted by atomic mass is 19.4. The highest BCUT2D eigenvalue weighted by Gasteiger charge is 2.38. The molecule has 0 heterocycles. The van der Waals surface area contributed by atoms with Gasteiger partial charge in [0.25, 0.3) is 0 Å². The molecule has 0 bridgehead atoms. The van der Waals surface area contributed by atoms with Gasteiger partial charge < -0.3 is 16.0 Å². The first kappa shape index (κ1) is 18.2. The van der Waals surface area contributed by atoms with Gasteiger partial charge in [0, 0.05) is 20.0 Å². The molecule has 116 valence electrons. The number of likely N-dealkylation sites (N-methyl/N-ethyl adjacent to an activating group) is 1. The van der Waals surface area contributed by atoms with E-state index in [1.165, 1.54) is 7.05 Å². The molecule has 6 nitrogen and oxygen atoms in total. The van der Waals surface area contributed by atoms with Crippen LogP contribution in [0.5, 0.6) is 0 Å². The summed E-state index contributed by atoms with van der Waals surface area (Å²) in [5.74, 6) is -2.57. The van der Waals surface area contributed by atoms with Crippen LogP contribution >= 0.6 is 0 Å². The normalized spacial score (nSPS) is 10.8. The molecule has 0 saturated carbocycles. The Bertz CT molecular complexity index is 346. The van der Waals surface area contributed by atoms with Crippen molar-refractivity contribution in [2.24, 2.45) is 0 Å². The number of carbonyl (C=O) groups excluding carboxylic acids is 3. The fourth-order valence-corrected chi connectivity index (χ4v) is 1.25. The van der Waals surface area contributed by atoms with Crippen molar-refractivity contribution in [2.45, 2.75) is 31.9 Å². The number of nitrogens with one attached hydrogen (secondary N) is 3. The number of alkyl halides is 3. The summed E-state index contributed by atoms with van der Waals surface area (Å²) in [6.07, 6.45) is -3.35. The number of halogens is 3. The molecule has 0 radical (unpaired) electrons. The van der Waals surface area contributed by atoms with Gasteiger partial charge in [-0.2, -0.15) is 13.2 Å². The molecular weight excluding hydrogens is 279 g/mol. The lowest BCUT2D eigenvalue weighted by Crippen LogP contribution is -2.37. The lowest BCUT2D eigenvalue weighted by Gasteiger charge is -2.07. The van der Waals surface area contributed by atoms with Crippen LogP contribution in [-0.2, 0) is 14.4 Å². The van der Waals surface area contributed by atoms with Crippen LogP contribution in [0.15, 0.2) is 0 Å². The summed E-state index contributed by atoms with van der Waals surface area (Å²) >= 11 is 0. The first-order valence-electron chi connectivity index (χ1n) is 6.09. The van der Waals surface area contributed by atoms with Crippen LogP contribution in [0.1, 0.15) is 25.7 Å². The minimum Gasteiger partial charge on any atom is -0.358 e. The molecule has 0 rings (SSSR count). The van der Waals surface area contributed by atoms with Gasteiger partial charge in [-0.25, -0.2) is 0 Å². The average Bonchev–Trinajstić information content (AvgIpc) is 2.38. The molecule has 0 spiro atoms. The van der Waals surface area contributed by atoms with Crippen LogP contribution in [0.4, 0.5) is 13.2 Å². The van der Waals surface area contributed by atoms with Crippen molar-refractivity contribution in [2.75, 3.05) is 20.1 Å². The van der Waals surface area contributed by atoms with E-state index >= 15 is 0 Å². The van der Waals surface area contributed by atoms with E-state index in [9.17, 15) is 27.6 Å². The minimum absolute atomic E-state index is 0.0851. The minimum atomic E-state index is -4.86. The van der Waals surface area contributed by atoms with Crippen molar-refractivity contribution in [1.29, 1.82) is 0 Å². The van der Waals surface area contributed by atoms with Crippen LogP contribution in [0.25, 0.3) is 0 Å². The number of hydrogen-bond acceptors (Lipinski definition) is 3. The molecule has 0 aromatic heterocycles. The monoisotopic (exact) mass is 297 g/mol. The van der Waals surface area contributed by atoms with E-state index < -0.39 is 12.1 Å². The number of carbonyl (C=O) groups is 3. The molecular formula is C11H18F3N3O3. The molecule has 0 aliphatic carbocycles. The van der Waals surface area contributed by atoms with E-state index in [4.69, 9.17) is 0 Å². The molecule has 0 fully saturated rings. The van der Waals surface area contributed by atoms with Crippen LogP contribution in [0, 0.1) is 0 Å². The van der Waals surface area contributed by atoms with E-state index in [2.05, 4.69) is 10.6 Å². The molecule has 0 aliphatic rings. The third-order valence-corrected chi connectivity index (χ3v) is 2.35. The predicted molar refractivity (Wildman–Crippen MR) is 64.6 cm³/mol. The summed E-state index contributed by atoms with van der Waals surface area (Å²) in [7, 11) is 1.45. The fraction of sp³-hybridized carbons (Fsp3) is 0.727.